The number of fused-ring (bicyclic) bond motifs is 1. The number of carbonyl (C=O) groups excluding carboxylic acids is 2. The quantitative estimate of drug-likeness (QED) is 0.586. The molecule has 0 saturated carbocycles. The Morgan fingerprint density at radius 1 is 1.17 bits per heavy atom. The van der Waals surface area contributed by atoms with Crippen molar-refractivity contribution in [3.63, 3.8) is 0 Å². The maximum absolute atomic E-state index is 13.1. The highest BCUT2D eigenvalue weighted by atomic mass is 16.6. The van der Waals surface area contributed by atoms with E-state index in [1.165, 1.54) is 31.4 Å². The van der Waals surface area contributed by atoms with Gasteiger partial charge in [0.1, 0.15) is 0 Å². The Hall–Kier alpha value is -3.62. The fraction of sp³-hybridized carbons (Fsp3) is 0.300. The molecule has 1 atom stereocenters. The summed E-state index contributed by atoms with van der Waals surface area (Å²) in [6.45, 7) is 0.371. The second kappa shape index (κ2) is 8.17. The number of nitro benzene ring substituents is 1. The number of methoxy groups -OCH3 is 2. The molecule has 1 heterocycles. The van der Waals surface area contributed by atoms with Crippen molar-refractivity contribution in [1.29, 1.82) is 0 Å². The van der Waals surface area contributed by atoms with Crippen LogP contribution in [0, 0.1) is 10.1 Å². The van der Waals surface area contributed by atoms with Gasteiger partial charge in [-0.05, 0) is 41.8 Å². The highest BCUT2D eigenvalue weighted by Crippen LogP contribution is 2.40. The Bertz CT molecular complexity index is 957. The van der Waals surface area contributed by atoms with Crippen LogP contribution in [0.5, 0.6) is 11.5 Å². The monoisotopic (exact) mass is 399 g/mol. The lowest BCUT2D eigenvalue weighted by Gasteiger charge is -2.37. The molecule has 2 N–H and O–H groups in total. The van der Waals surface area contributed by atoms with Gasteiger partial charge in [0.15, 0.2) is 11.5 Å². The average molecular weight is 399 g/mol. The molecule has 0 fully saturated rings. The van der Waals surface area contributed by atoms with Crippen LogP contribution < -0.4 is 15.2 Å². The van der Waals surface area contributed by atoms with E-state index in [0.29, 0.717) is 30.0 Å². The van der Waals surface area contributed by atoms with Gasteiger partial charge in [0, 0.05) is 24.2 Å². The SMILES string of the molecule is COc1cc2c(cc1OC)C(CC(N)=O)N(C(=O)c1ccc([N+](=O)[O-])cc1)CC2. The molecule has 1 aliphatic rings. The van der Waals surface area contributed by atoms with Crippen LogP contribution in [0.1, 0.15) is 33.9 Å². The number of non-ortho nitro benzene ring substituents is 1. The third-order valence-corrected chi connectivity index (χ3v) is 4.98. The summed E-state index contributed by atoms with van der Waals surface area (Å²) in [6.07, 6.45) is 0.505. The fourth-order valence-electron chi connectivity index (χ4n) is 3.57. The van der Waals surface area contributed by atoms with Gasteiger partial charge in [-0.2, -0.15) is 0 Å². The second-order valence-corrected chi connectivity index (χ2v) is 6.64. The van der Waals surface area contributed by atoms with Gasteiger partial charge in [0.25, 0.3) is 11.6 Å². The number of rotatable bonds is 6. The van der Waals surface area contributed by atoms with Gasteiger partial charge in [0.2, 0.25) is 5.91 Å². The molecule has 2 amide bonds. The first-order valence-corrected chi connectivity index (χ1v) is 8.94. The summed E-state index contributed by atoms with van der Waals surface area (Å²) in [5.74, 6) is 0.190. The Balaban J connectivity index is 2.00. The molecule has 0 aliphatic carbocycles. The molecule has 2 aromatic carbocycles. The Morgan fingerprint density at radius 2 is 1.79 bits per heavy atom. The first-order chi connectivity index (χ1) is 13.8. The summed E-state index contributed by atoms with van der Waals surface area (Å²) in [5.41, 5.74) is 7.37. The van der Waals surface area contributed by atoms with Crippen LogP contribution in [0.25, 0.3) is 0 Å². The number of hydrogen-bond donors (Lipinski definition) is 1. The minimum absolute atomic E-state index is 0.0544. The van der Waals surface area contributed by atoms with Crippen molar-refractivity contribution in [3.05, 3.63) is 63.2 Å². The van der Waals surface area contributed by atoms with E-state index in [4.69, 9.17) is 15.2 Å². The summed E-state index contributed by atoms with van der Waals surface area (Å²) in [7, 11) is 3.05. The van der Waals surface area contributed by atoms with E-state index >= 15 is 0 Å². The van der Waals surface area contributed by atoms with Crippen LogP contribution in [-0.2, 0) is 11.2 Å². The van der Waals surface area contributed by atoms with Crippen LogP contribution in [0.4, 0.5) is 5.69 Å². The lowest BCUT2D eigenvalue weighted by molar-refractivity contribution is -0.384. The number of nitrogens with two attached hydrogens (primary N) is 1. The number of nitro groups is 1. The van der Waals surface area contributed by atoms with Crippen LogP contribution in [-0.4, -0.2) is 42.4 Å². The van der Waals surface area contributed by atoms with E-state index in [0.717, 1.165) is 11.1 Å². The van der Waals surface area contributed by atoms with Crippen LogP contribution in [0.3, 0.4) is 0 Å². The summed E-state index contributed by atoms with van der Waals surface area (Å²) in [4.78, 5) is 36.7. The van der Waals surface area contributed by atoms with E-state index < -0.39 is 16.9 Å². The number of benzene rings is 2. The van der Waals surface area contributed by atoms with Crippen molar-refractivity contribution in [2.75, 3.05) is 20.8 Å². The molecule has 0 spiro atoms. The third kappa shape index (κ3) is 3.98. The van der Waals surface area contributed by atoms with Crippen molar-refractivity contribution in [2.24, 2.45) is 5.73 Å². The molecular weight excluding hydrogens is 378 g/mol. The highest BCUT2D eigenvalue weighted by Gasteiger charge is 2.33. The van der Waals surface area contributed by atoms with Crippen LogP contribution >= 0.6 is 0 Å². The maximum Gasteiger partial charge on any atom is 0.269 e. The standard InChI is InChI=1S/C20H21N3O6/c1-28-17-9-13-7-8-22(16(11-19(21)24)15(13)10-18(17)29-2)20(25)12-3-5-14(6-4-12)23(26)27/h3-6,9-10,16H,7-8,11H2,1-2H3,(H2,21,24). The van der Waals surface area contributed by atoms with Crippen LogP contribution in [0.2, 0.25) is 0 Å². The maximum atomic E-state index is 13.1. The molecule has 0 radical (unpaired) electrons. The molecule has 1 unspecified atom stereocenters. The predicted octanol–water partition coefficient (Wildman–Crippen LogP) is 2.23. The van der Waals surface area contributed by atoms with Gasteiger partial charge in [-0.1, -0.05) is 0 Å². The van der Waals surface area contributed by atoms with E-state index in [-0.39, 0.29) is 18.0 Å². The topological polar surface area (TPSA) is 125 Å². The van der Waals surface area contributed by atoms with Gasteiger partial charge in [-0.15, -0.1) is 0 Å². The van der Waals surface area contributed by atoms with E-state index in [1.807, 2.05) is 6.07 Å². The number of primary amides is 1. The van der Waals surface area contributed by atoms with Gasteiger partial charge in [-0.25, -0.2) is 0 Å². The number of nitrogens with zero attached hydrogens (tertiary/aromatic N) is 2. The van der Waals surface area contributed by atoms with Gasteiger partial charge < -0.3 is 20.1 Å². The Morgan fingerprint density at radius 3 is 2.34 bits per heavy atom. The van der Waals surface area contributed by atoms with Crippen molar-refractivity contribution < 1.29 is 24.0 Å². The van der Waals surface area contributed by atoms with E-state index in [1.54, 1.807) is 18.1 Å². The lowest BCUT2D eigenvalue weighted by atomic mass is 9.89. The number of carbonyl (C=O) groups is 2. The average Bonchev–Trinajstić information content (AvgIpc) is 2.72. The van der Waals surface area contributed by atoms with Gasteiger partial charge in [-0.3, -0.25) is 19.7 Å². The van der Waals surface area contributed by atoms with Crippen LogP contribution in [0.15, 0.2) is 36.4 Å². The van der Waals surface area contributed by atoms with E-state index in [9.17, 15) is 19.7 Å². The molecule has 1 aliphatic heterocycles. The molecule has 152 valence electrons. The first kappa shape index (κ1) is 20.1. The zero-order valence-electron chi connectivity index (χ0n) is 16.1. The van der Waals surface area contributed by atoms with Gasteiger partial charge >= 0.3 is 0 Å². The van der Waals surface area contributed by atoms with Crippen molar-refractivity contribution >= 4 is 17.5 Å². The summed E-state index contributed by atoms with van der Waals surface area (Å²) in [6, 6.07) is 8.41. The number of amides is 2. The molecule has 2 aromatic rings. The Kier molecular flexibility index (Phi) is 5.67. The molecule has 3 rings (SSSR count). The second-order valence-electron chi connectivity index (χ2n) is 6.64. The smallest absolute Gasteiger partial charge is 0.269 e. The molecule has 9 heteroatoms. The number of ether oxygens (including phenoxy) is 2. The minimum atomic E-state index is -0.571. The first-order valence-electron chi connectivity index (χ1n) is 8.94. The van der Waals surface area contributed by atoms with Gasteiger partial charge in [0.05, 0.1) is 31.6 Å². The molecule has 9 nitrogen and oxygen atoms in total. The predicted molar refractivity (Wildman–Crippen MR) is 104 cm³/mol. The molecule has 0 saturated heterocycles. The highest BCUT2D eigenvalue weighted by molar-refractivity contribution is 5.95. The zero-order valence-corrected chi connectivity index (χ0v) is 16.1. The fourth-order valence-corrected chi connectivity index (χ4v) is 3.57. The lowest BCUT2D eigenvalue weighted by Crippen LogP contribution is -2.41. The van der Waals surface area contributed by atoms with Crippen molar-refractivity contribution in [1.82, 2.24) is 4.90 Å². The Labute approximate surface area is 167 Å². The largest absolute Gasteiger partial charge is 0.493 e. The molecular formula is C20H21N3O6. The third-order valence-electron chi connectivity index (χ3n) is 4.98. The normalized spacial score (nSPS) is 15.4. The number of hydrogen-bond acceptors (Lipinski definition) is 6. The minimum Gasteiger partial charge on any atom is -0.493 e. The summed E-state index contributed by atoms with van der Waals surface area (Å²) in [5, 5.41) is 10.8. The van der Waals surface area contributed by atoms with E-state index in [2.05, 4.69) is 0 Å². The molecule has 0 bridgehead atoms. The summed E-state index contributed by atoms with van der Waals surface area (Å²) < 4.78 is 10.7. The molecule has 29 heavy (non-hydrogen) atoms. The van der Waals surface area contributed by atoms with Crippen molar-refractivity contribution in [3.8, 4) is 11.5 Å². The zero-order chi connectivity index (χ0) is 21.1. The summed E-state index contributed by atoms with van der Waals surface area (Å²) >= 11 is 0. The molecule has 0 aromatic heterocycles. The van der Waals surface area contributed by atoms with Crippen molar-refractivity contribution in [2.45, 2.75) is 18.9 Å².